The van der Waals surface area contributed by atoms with E-state index in [9.17, 15) is 22.8 Å². The van der Waals surface area contributed by atoms with Crippen molar-refractivity contribution in [3.05, 3.63) is 42.0 Å². The van der Waals surface area contributed by atoms with Gasteiger partial charge in [0.1, 0.15) is 6.54 Å². The van der Waals surface area contributed by atoms with Gasteiger partial charge in [0.05, 0.1) is 13.1 Å². The van der Waals surface area contributed by atoms with Gasteiger partial charge in [-0.1, -0.05) is 30.3 Å². The van der Waals surface area contributed by atoms with Gasteiger partial charge in [0, 0.05) is 6.42 Å². The average molecular weight is 342 g/mol. The third-order valence-corrected chi connectivity index (χ3v) is 3.64. The number of quaternary nitrogens is 1. The number of halogens is 3. The second-order valence-corrected chi connectivity index (χ2v) is 5.57. The van der Waals surface area contributed by atoms with E-state index in [1.807, 2.05) is 41.7 Å². The maximum absolute atomic E-state index is 12.0. The first-order valence-corrected chi connectivity index (χ1v) is 7.56. The molecule has 1 aromatic carbocycles. The number of hydrogen-bond acceptors (Lipinski definition) is 2. The van der Waals surface area contributed by atoms with E-state index < -0.39 is 24.7 Å². The minimum absolute atomic E-state index is 0.0397. The van der Waals surface area contributed by atoms with Crippen LogP contribution in [0.3, 0.4) is 0 Å². The standard InChI is InChI=1S/C16H18F3N3O2/c17-16(18,19)11-20-15(24)21-14(23)10-22-8-6-13(7-9-22)12-4-2-1-3-5-12/h1-6H,7-11H2,(H2,20,21,23,24)/p+1. The Morgan fingerprint density at radius 1 is 1.17 bits per heavy atom. The average Bonchev–Trinajstić information content (AvgIpc) is 2.54. The molecule has 0 saturated heterocycles. The van der Waals surface area contributed by atoms with Gasteiger partial charge in [-0.2, -0.15) is 13.2 Å². The number of amides is 3. The third kappa shape index (κ3) is 6.04. The van der Waals surface area contributed by atoms with Crippen molar-refractivity contribution in [1.82, 2.24) is 10.6 Å². The number of benzene rings is 1. The Kier molecular flexibility index (Phi) is 5.97. The molecule has 0 saturated carbocycles. The van der Waals surface area contributed by atoms with E-state index >= 15 is 0 Å². The highest BCUT2D eigenvalue weighted by atomic mass is 19.4. The summed E-state index contributed by atoms with van der Waals surface area (Å²) in [6, 6.07) is 8.78. The molecule has 24 heavy (non-hydrogen) atoms. The second-order valence-electron chi connectivity index (χ2n) is 5.57. The second kappa shape index (κ2) is 7.96. The van der Waals surface area contributed by atoms with Crippen molar-refractivity contribution in [3.8, 4) is 0 Å². The molecule has 130 valence electrons. The molecule has 1 aliphatic rings. The largest absolute Gasteiger partial charge is 0.405 e. The molecule has 1 atom stereocenters. The highest BCUT2D eigenvalue weighted by Crippen LogP contribution is 2.17. The predicted octanol–water partition coefficient (Wildman–Crippen LogP) is 0.747. The molecular weight excluding hydrogens is 323 g/mol. The molecule has 0 aliphatic carbocycles. The molecule has 1 heterocycles. The van der Waals surface area contributed by atoms with Crippen LogP contribution < -0.4 is 15.5 Å². The molecule has 0 radical (unpaired) electrons. The maximum Gasteiger partial charge on any atom is 0.405 e. The van der Waals surface area contributed by atoms with Crippen LogP contribution in [0.25, 0.3) is 5.57 Å². The van der Waals surface area contributed by atoms with Gasteiger partial charge in [0.25, 0.3) is 5.91 Å². The Hall–Kier alpha value is -2.35. The van der Waals surface area contributed by atoms with Gasteiger partial charge >= 0.3 is 12.2 Å². The van der Waals surface area contributed by atoms with Crippen LogP contribution in [0.15, 0.2) is 36.4 Å². The molecule has 5 nitrogen and oxygen atoms in total. The Bertz CT molecular complexity index is 615. The summed E-state index contributed by atoms with van der Waals surface area (Å²) >= 11 is 0. The zero-order chi connectivity index (χ0) is 17.6. The zero-order valence-electron chi connectivity index (χ0n) is 13.0. The van der Waals surface area contributed by atoms with Crippen LogP contribution in [0.1, 0.15) is 12.0 Å². The zero-order valence-corrected chi connectivity index (χ0v) is 13.0. The fourth-order valence-corrected chi connectivity index (χ4v) is 2.48. The van der Waals surface area contributed by atoms with E-state index in [-0.39, 0.29) is 6.54 Å². The Balaban J connectivity index is 1.76. The SMILES string of the molecule is O=C(C[NH+]1CC=C(c2ccccc2)CC1)NC(=O)NCC(F)(F)F. The summed E-state index contributed by atoms with van der Waals surface area (Å²) in [4.78, 5) is 23.9. The Morgan fingerprint density at radius 2 is 1.88 bits per heavy atom. The summed E-state index contributed by atoms with van der Waals surface area (Å²) in [5, 5.41) is 3.51. The van der Waals surface area contributed by atoms with E-state index in [1.54, 1.807) is 5.32 Å². The van der Waals surface area contributed by atoms with Crippen molar-refractivity contribution in [2.24, 2.45) is 0 Å². The summed E-state index contributed by atoms with van der Waals surface area (Å²) < 4.78 is 35.9. The lowest BCUT2D eigenvalue weighted by molar-refractivity contribution is -0.886. The molecule has 3 N–H and O–H groups in total. The van der Waals surface area contributed by atoms with Crippen molar-refractivity contribution < 1.29 is 27.7 Å². The van der Waals surface area contributed by atoms with Crippen LogP contribution in [0.5, 0.6) is 0 Å². The minimum Gasteiger partial charge on any atom is -0.329 e. The highest BCUT2D eigenvalue weighted by Gasteiger charge is 2.28. The number of imide groups is 1. The smallest absolute Gasteiger partial charge is 0.329 e. The molecule has 0 bridgehead atoms. The summed E-state index contributed by atoms with van der Waals surface area (Å²) in [6.07, 6.45) is -1.66. The lowest BCUT2D eigenvalue weighted by Crippen LogP contribution is -3.13. The van der Waals surface area contributed by atoms with E-state index in [1.165, 1.54) is 5.57 Å². The van der Waals surface area contributed by atoms with Gasteiger partial charge in [-0.3, -0.25) is 10.1 Å². The van der Waals surface area contributed by atoms with Crippen LogP contribution in [0, 0.1) is 0 Å². The Labute approximate surface area is 137 Å². The summed E-state index contributed by atoms with van der Waals surface area (Å²) in [7, 11) is 0. The number of urea groups is 1. The molecule has 0 spiro atoms. The van der Waals surface area contributed by atoms with E-state index in [2.05, 4.69) is 0 Å². The number of carbonyl (C=O) groups is 2. The summed E-state index contributed by atoms with van der Waals surface area (Å²) in [5.41, 5.74) is 2.36. The fraction of sp³-hybridized carbons (Fsp3) is 0.375. The van der Waals surface area contributed by atoms with E-state index in [0.717, 1.165) is 23.4 Å². The number of nitrogens with one attached hydrogen (secondary N) is 3. The van der Waals surface area contributed by atoms with Crippen molar-refractivity contribution in [1.29, 1.82) is 0 Å². The monoisotopic (exact) mass is 342 g/mol. The van der Waals surface area contributed by atoms with Crippen molar-refractivity contribution >= 4 is 17.5 Å². The third-order valence-electron chi connectivity index (χ3n) is 3.64. The molecule has 0 fully saturated rings. The van der Waals surface area contributed by atoms with Crippen molar-refractivity contribution in [3.63, 3.8) is 0 Å². The topological polar surface area (TPSA) is 62.6 Å². The number of rotatable bonds is 4. The predicted molar refractivity (Wildman–Crippen MR) is 82.2 cm³/mol. The Morgan fingerprint density at radius 3 is 2.46 bits per heavy atom. The van der Waals surface area contributed by atoms with Crippen LogP contribution in [-0.4, -0.2) is 44.3 Å². The van der Waals surface area contributed by atoms with E-state index in [4.69, 9.17) is 0 Å². The number of alkyl halides is 3. The molecule has 0 aromatic heterocycles. The lowest BCUT2D eigenvalue weighted by atomic mass is 10.00. The molecule has 2 rings (SSSR count). The quantitative estimate of drug-likeness (QED) is 0.756. The molecular formula is C16H19F3N3O2+. The highest BCUT2D eigenvalue weighted by molar-refractivity contribution is 5.94. The lowest BCUT2D eigenvalue weighted by Gasteiger charge is -2.23. The van der Waals surface area contributed by atoms with E-state index in [0.29, 0.717) is 6.54 Å². The van der Waals surface area contributed by atoms with Crippen LogP contribution in [0.2, 0.25) is 0 Å². The molecule has 1 aromatic rings. The molecule has 3 amide bonds. The first-order chi connectivity index (χ1) is 11.3. The van der Waals surface area contributed by atoms with Gasteiger partial charge in [-0.25, -0.2) is 4.79 Å². The minimum atomic E-state index is -4.50. The summed E-state index contributed by atoms with van der Waals surface area (Å²) in [5.74, 6) is -0.596. The number of carbonyl (C=O) groups excluding carboxylic acids is 2. The fourth-order valence-electron chi connectivity index (χ4n) is 2.48. The van der Waals surface area contributed by atoms with Crippen LogP contribution >= 0.6 is 0 Å². The van der Waals surface area contributed by atoms with Gasteiger partial charge < -0.3 is 10.2 Å². The summed E-state index contributed by atoms with van der Waals surface area (Å²) in [6.45, 7) is -0.0794. The first-order valence-electron chi connectivity index (χ1n) is 7.56. The molecule has 1 unspecified atom stereocenters. The van der Waals surface area contributed by atoms with Gasteiger partial charge in [0.2, 0.25) is 0 Å². The van der Waals surface area contributed by atoms with Crippen molar-refractivity contribution in [2.45, 2.75) is 12.6 Å². The van der Waals surface area contributed by atoms with Gasteiger partial charge in [0.15, 0.2) is 6.54 Å². The van der Waals surface area contributed by atoms with Crippen LogP contribution in [0.4, 0.5) is 18.0 Å². The van der Waals surface area contributed by atoms with Crippen molar-refractivity contribution in [2.75, 3.05) is 26.2 Å². The van der Waals surface area contributed by atoms with Crippen LogP contribution in [-0.2, 0) is 4.79 Å². The molecule has 8 heteroatoms. The molecule has 1 aliphatic heterocycles. The van der Waals surface area contributed by atoms with Gasteiger partial charge in [-0.05, 0) is 17.2 Å². The first kappa shape index (κ1) is 18.0. The number of hydrogen-bond donors (Lipinski definition) is 3. The normalized spacial score (nSPS) is 17.8. The van der Waals surface area contributed by atoms with Gasteiger partial charge in [-0.15, -0.1) is 0 Å². The maximum atomic E-state index is 12.0.